The fourth-order valence-corrected chi connectivity index (χ4v) is 3.46. The Bertz CT molecular complexity index is 597. The first-order chi connectivity index (χ1) is 9.29. The van der Waals surface area contributed by atoms with E-state index in [1.807, 2.05) is 23.8 Å². The van der Waals surface area contributed by atoms with Gasteiger partial charge in [0, 0.05) is 25.0 Å². The van der Waals surface area contributed by atoms with Crippen LogP contribution in [0.1, 0.15) is 18.5 Å². The van der Waals surface area contributed by atoms with Gasteiger partial charge in [0.25, 0.3) is 0 Å². The van der Waals surface area contributed by atoms with Gasteiger partial charge in [0.05, 0.1) is 5.69 Å². The summed E-state index contributed by atoms with van der Waals surface area (Å²) in [6.45, 7) is 5.71. The average Bonchev–Trinajstić information content (AvgIpc) is 2.82. The van der Waals surface area contributed by atoms with Crippen molar-refractivity contribution in [2.45, 2.75) is 25.8 Å². The molecule has 19 heavy (non-hydrogen) atoms. The Kier molecular flexibility index (Phi) is 2.48. The number of aromatic nitrogens is 3. The first-order valence-corrected chi connectivity index (χ1v) is 7.09. The molecule has 5 nitrogen and oxygen atoms in total. The third-order valence-electron chi connectivity index (χ3n) is 4.49. The van der Waals surface area contributed by atoms with Crippen molar-refractivity contribution in [1.82, 2.24) is 19.5 Å². The first-order valence-electron chi connectivity index (χ1n) is 7.09. The van der Waals surface area contributed by atoms with Gasteiger partial charge >= 0.3 is 0 Å². The van der Waals surface area contributed by atoms with Crippen molar-refractivity contribution in [2.24, 2.45) is 5.92 Å². The van der Waals surface area contributed by atoms with Crippen LogP contribution in [0, 0.1) is 12.8 Å². The van der Waals surface area contributed by atoms with Crippen molar-refractivity contribution in [2.75, 3.05) is 25.0 Å². The van der Waals surface area contributed by atoms with Crippen LogP contribution >= 0.6 is 0 Å². The predicted molar refractivity (Wildman–Crippen MR) is 74.3 cm³/mol. The van der Waals surface area contributed by atoms with Gasteiger partial charge in [0.1, 0.15) is 5.52 Å². The monoisotopic (exact) mass is 257 g/mol. The lowest BCUT2D eigenvalue weighted by Gasteiger charge is -2.45. The van der Waals surface area contributed by atoms with Crippen LogP contribution in [0.5, 0.6) is 0 Å². The van der Waals surface area contributed by atoms with E-state index in [1.165, 1.54) is 25.9 Å². The van der Waals surface area contributed by atoms with Crippen LogP contribution in [-0.4, -0.2) is 45.2 Å². The van der Waals surface area contributed by atoms with Gasteiger partial charge in [-0.05, 0) is 44.8 Å². The SMILES string of the molecule is Cc1cc2c(NC3CN4CCC3CC4)nccn2n1. The Morgan fingerprint density at radius 3 is 2.89 bits per heavy atom. The average molecular weight is 257 g/mol. The standard InChI is InChI=1S/C14H19N5/c1-10-8-13-14(15-4-7-19(13)17-10)16-12-9-18-5-2-11(12)3-6-18/h4,7-8,11-12H,2-3,5-6,9H2,1H3,(H,15,16). The second-order valence-electron chi connectivity index (χ2n) is 5.78. The zero-order valence-electron chi connectivity index (χ0n) is 11.2. The number of aryl methyl sites for hydroxylation is 1. The van der Waals surface area contributed by atoms with E-state index in [0.29, 0.717) is 6.04 Å². The highest BCUT2D eigenvalue weighted by Gasteiger charge is 2.34. The highest BCUT2D eigenvalue weighted by Crippen LogP contribution is 2.30. The summed E-state index contributed by atoms with van der Waals surface area (Å²) in [6.07, 6.45) is 6.37. The van der Waals surface area contributed by atoms with Crippen molar-refractivity contribution in [3.63, 3.8) is 0 Å². The number of piperidine rings is 3. The molecule has 2 bridgehead atoms. The quantitative estimate of drug-likeness (QED) is 0.886. The lowest BCUT2D eigenvalue weighted by molar-refractivity contribution is 0.0974. The van der Waals surface area contributed by atoms with Crippen LogP contribution in [-0.2, 0) is 0 Å². The minimum Gasteiger partial charge on any atom is -0.364 e. The van der Waals surface area contributed by atoms with Crippen molar-refractivity contribution < 1.29 is 0 Å². The van der Waals surface area contributed by atoms with Crippen LogP contribution in [0.3, 0.4) is 0 Å². The molecule has 0 amide bonds. The van der Waals surface area contributed by atoms with E-state index in [-0.39, 0.29) is 0 Å². The van der Waals surface area contributed by atoms with Gasteiger partial charge < -0.3 is 10.2 Å². The molecule has 2 aromatic rings. The van der Waals surface area contributed by atoms with E-state index in [4.69, 9.17) is 0 Å². The molecule has 1 atom stereocenters. The van der Waals surface area contributed by atoms with Gasteiger partial charge in [-0.2, -0.15) is 5.10 Å². The second-order valence-corrected chi connectivity index (χ2v) is 5.78. The number of anilines is 1. The summed E-state index contributed by atoms with van der Waals surface area (Å²) in [4.78, 5) is 7.06. The van der Waals surface area contributed by atoms with Crippen molar-refractivity contribution >= 4 is 11.3 Å². The molecule has 2 aromatic heterocycles. The minimum atomic E-state index is 0.538. The lowest BCUT2D eigenvalue weighted by Crippen LogP contribution is -2.53. The molecule has 0 radical (unpaired) electrons. The number of fused-ring (bicyclic) bond motifs is 4. The maximum Gasteiger partial charge on any atom is 0.152 e. The van der Waals surface area contributed by atoms with E-state index >= 15 is 0 Å². The van der Waals surface area contributed by atoms with Gasteiger partial charge in [-0.1, -0.05) is 0 Å². The van der Waals surface area contributed by atoms with Gasteiger partial charge in [-0.3, -0.25) is 0 Å². The van der Waals surface area contributed by atoms with E-state index in [2.05, 4.69) is 26.4 Å². The molecule has 5 rings (SSSR count). The van der Waals surface area contributed by atoms with Gasteiger partial charge in [0.15, 0.2) is 5.82 Å². The molecule has 3 saturated heterocycles. The Labute approximate surface area is 112 Å². The van der Waals surface area contributed by atoms with Crippen LogP contribution in [0.2, 0.25) is 0 Å². The maximum atomic E-state index is 4.51. The van der Waals surface area contributed by atoms with E-state index in [9.17, 15) is 0 Å². The molecule has 3 fully saturated rings. The lowest BCUT2D eigenvalue weighted by atomic mass is 9.84. The number of hydrogen-bond acceptors (Lipinski definition) is 4. The van der Waals surface area contributed by atoms with E-state index < -0.39 is 0 Å². The summed E-state index contributed by atoms with van der Waals surface area (Å²) < 4.78 is 1.91. The van der Waals surface area contributed by atoms with Gasteiger partial charge in [0.2, 0.25) is 0 Å². The van der Waals surface area contributed by atoms with Crippen LogP contribution in [0.25, 0.3) is 5.52 Å². The van der Waals surface area contributed by atoms with Crippen molar-refractivity contribution in [1.29, 1.82) is 0 Å². The van der Waals surface area contributed by atoms with E-state index in [1.54, 1.807) is 0 Å². The van der Waals surface area contributed by atoms with E-state index in [0.717, 1.165) is 29.5 Å². The highest BCUT2D eigenvalue weighted by molar-refractivity contribution is 5.68. The summed E-state index contributed by atoms with van der Waals surface area (Å²) in [5.74, 6) is 1.78. The molecule has 3 aliphatic rings. The second kappa shape index (κ2) is 4.20. The number of rotatable bonds is 2. The maximum absolute atomic E-state index is 4.51. The normalized spacial score (nSPS) is 29.8. The summed E-state index contributed by atoms with van der Waals surface area (Å²) >= 11 is 0. The fourth-order valence-electron chi connectivity index (χ4n) is 3.46. The van der Waals surface area contributed by atoms with Crippen molar-refractivity contribution in [3.8, 4) is 0 Å². The Hall–Kier alpha value is -1.62. The summed E-state index contributed by atoms with van der Waals surface area (Å²) in [5.41, 5.74) is 2.11. The zero-order valence-corrected chi connectivity index (χ0v) is 11.2. The highest BCUT2D eigenvalue weighted by atomic mass is 15.3. The molecule has 0 spiro atoms. The summed E-state index contributed by atoms with van der Waals surface area (Å²) in [6, 6.07) is 2.63. The topological polar surface area (TPSA) is 45.5 Å². The smallest absolute Gasteiger partial charge is 0.152 e. The van der Waals surface area contributed by atoms with Crippen molar-refractivity contribution in [3.05, 3.63) is 24.2 Å². The molecule has 0 saturated carbocycles. The molecule has 0 aliphatic carbocycles. The summed E-state index contributed by atoms with van der Waals surface area (Å²) in [5, 5.41) is 8.10. The molecule has 1 unspecified atom stereocenters. The molecule has 0 aromatic carbocycles. The molecule has 1 N–H and O–H groups in total. The number of nitrogens with one attached hydrogen (secondary N) is 1. The number of nitrogens with zero attached hydrogens (tertiary/aromatic N) is 4. The molecular formula is C14H19N5. The van der Waals surface area contributed by atoms with Crippen LogP contribution in [0.15, 0.2) is 18.5 Å². The molecular weight excluding hydrogens is 238 g/mol. The molecule has 3 aliphatic heterocycles. The Balaban J connectivity index is 1.64. The van der Waals surface area contributed by atoms with Gasteiger partial charge in [-0.25, -0.2) is 9.50 Å². The van der Waals surface area contributed by atoms with Crippen LogP contribution < -0.4 is 5.32 Å². The molecule has 5 heterocycles. The zero-order chi connectivity index (χ0) is 12.8. The predicted octanol–water partition coefficient (Wildman–Crippen LogP) is 1.54. The largest absolute Gasteiger partial charge is 0.364 e. The molecule has 100 valence electrons. The first kappa shape index (κ1) is 11.2. The summed E-state index contributed by atoms with van der Waals surface area (Å²) in [7, 11) is 0. The molecule has 5 heteroatoms. The van der Waals surface area contributed by atoms with Crippen LogP contribution in [0.4, 0.5) is 5.82 Å². The minimum absolute atomic E-state index is 0.538. The van der Waals surface area contributed by atoms with Gasteiger partial charge in [-0.15, -0.1) is 0 Å². The fraction of sp³-hybridized carbons (Fsp3) is 0.571. The third kappa shape index (κ3) is 1.89. The Morgan fingerprint density at radius 1 is 1.32 bits per heavy atom. The Morgan fingerprint density at radius 2 is 2.16 bits per heavy atom. The third-order valence-corrected chi connectivity index (χ3v) is 4.49. The number of hydrogen-bond donors (Lipinski definition) is 1.